The van der Waals surface area contributed by atoms with Crippen molar-refractivity contribution in [1.29, 1.82) is 0 Å². The molecule has 0 saturated heterocycles. The SMILES string of the molecule is CC(C)(O)CCNc1c(F)c(F)c(F)c(F)c1F. The topological polar surface area (TPSA) is 32.3 Å². The minimum atomic E-state index is -2.20. The maximum atomic E-state index is 13.2. The summed E-state index contributed by atoms with van der Waals surface area (Å²) in [6.45, 7) is 2.77. The van der Waals surface area contributed by atoms with Gasteiger partial charge >= 0.3 is 0 Å². The number of halogens is 5. The van der Waals surface area contributed by atoms with Gasteiger partial charge in [-0.25, -0.2) is 22.0 Å². The minimum Gasteiger partial charge on any atom is -0.390 e. The van der Waals surface area contributed by atoms with E-state index >= 15 is 0 Å². The molecule has 0 radical (unpaired) electrons. The van der Waals surface area contributed by atoms with Crippen LogP contribution in [0.2, 0.25) is 0 Å². The normalized spacial score (nSPS) is 11.8. The zero-order valence-electron chi connectivity index (χ0n) is 9.75. The summed E-state index contributed by atoms with van der Waals surface area (Å²) in [5, 5.41) is 11.4. The molecule has 0 aromatic heterocycles. The first-order chi connectivity index (χ1) is 8.15. The first-order valence-electron chi connectivity index (χ1n) is 5.13. The number of aliphatic hydroxyl groups is 1. The van der Waals surface area contributed by atoms with Crippen molar-refractivity contribution in [1.82, 2.24) is 0 Å². The Morgan fingerprint density at radius 3 is 1.67 bits per heavy atom. The third kappa shape index (κ3) is 3.10. The van der Waals surface area contributed by atoms with E-state index in [9.17, 15) is 27.1 Å². The molecule has 1 aromatic rings. The molecule has 0 fully saturated rings. The number of anilines is 1. The van der Waals surface area contributed by atoms with Crippen molar-refractivity contribution < 1.29 is 27.1 Å². The first-order valence-corrected chi connectivity index (χ1v) is 5.13. The van der Waals surface area contributed by atoms with Gasteiger partial charge in [0.05, 0.1) is 5.60 Å². The van der Waals surface area contributed by atoms with Crippen molar-refractivity contribution in [2.24, 2.45) is 0 Å². The smallest absolute Gasteiger partial charge is 0.200 e. The highest BCUT2D eigenvalue weighted by molar-refractivity contribution is 5.47. The van der Waals surface area contributed by atoms with Gasteiger partial charge in [-0.2, -0.15) is 0 Å². The average Bonchev–Trinajstić information content (AvgIpc) is 2.27. The summed E-state index contributed by atoms with van der Waals surface area (Å²) in [7, 11) is 0. The van der Waals surface area contributed by atoms with Crippen LogP contribution in [0.3, 0.4) is 0 Å². The lowest BCUT2D eigenvalue weighted by Gasteiger charge is -2.18. The Hall–Kier alpha value is -1.37. The predicted molar refractivity (Wildman–Crippen MR) is 55.6 cm³/mol. The number of rotatable bonds is 4. The lowest BCUT2D eigenvalue weighted by atomic mass is 10.1. The van der Waals surface area contributed by atoms with E-state index in [1.807, 2.05) is 0 Å². The molecule has 2 N–H and O–H groups in total. The molecular weight excluding hydrogens is 257 g/mol. The van der Waals surface area contributed by atoms with Crippen LogP contribution in [0.25, 0.3) is 0 Å². The van der Waals surface area contributed by atoms with Crippen LogP contribution in [0.15, 0.2) is 0 Å². The van der Waals surface area contributed by atoms with Crippen LogP contribution in [0.4, 0.5) is 27.6 Å². The van der Waals surface area contributed by atoms with Gasteiger partial charge in [0.2, 0.25) is 5.82 Å². The minimum absolute atomic E-state index is 0.0759. The monoisotopic (exact) mass is 269 g/mol. The Morgan fingerprint density at radius 1 is 0.889 bits per heavy atom. The lowest BCUT2D eigenvalue weighted by molar-refractivity contribution is 0.0748. The lowest BCUT2D eigenvalue weighted by Crippen LogP contribution is -2.23. The van der Waals surface area contributed by atoms with Crippen LogP contribution < -0.4 is 5.32 Å². The van der Waals surface area contributed by atoms with E-state index in [2.05, 4.69) is 5.32 Å². The van der Waals surface area contributed by atoms with Gasteiger partial charge in [-0.15, -0.1) is 0 Å². The largest absolute Gasteiger partial charge is 0.390 e. The van der Waals surface area contributed by atoms with Crippen LogP contribution in [-0.2, 0) is 0 Å². The summed E-state index contributed by atoms with van der Waals surface area (Å²) in [4.78, 5) is 0. The van der Waals surface area contributed by atoms with E-state index in [0.717, 1.165) is 0 Å². The summed E-state index contributed by atoms with van der Waals surface area (Å²) in [6, 6.07) is 0. The van der Waals surface area contributed by atoms with Gasteiger partial charge in [-0.05, 0) is 20.3 Å². The molecule has 1 rings (SSSR count). The molecule has 0 aliphatic rings. The van der Waals surface area contributed by atoms with Crippen LogP contribution in [0.5, 0.6) is 0 Å². The maximum Gasteiger partial charge on any atom is 0.200 e. The fraction of sp³-hybridized carbons (Fsp3) is 0.455. The van der Waals surface area contributed by atoms with Crippen LogP contribution in [0, 0.1) is 29.1 Å². The van der Waals surface area contributed by atoms with Crippen LogP contribution in [0.1, 0.15) is 20.3 Å². The predicted octanol–water partition coefficient (Wildman–Crippen LogP) is 2.96. The molecular formula is C11H12F5NO. The van der Waals surface area contributed by atoms with Crippen molar-refractivity contribution in [3.63, 3.8) is 0 Å². The van der Waals surface area contributed by atoms with Crippen molar-refractivity contribution in [3.05, 3.63) is 29.1 Å². The number of nitrogens with one attached hydrogen (secondary N) is 1. The molecule has 0 amide bonds. The summed E-state index contributed by atoms with van der Waals surface area (Å²) in [5.74, 6) is -10.0. The second-order valence-corrected chi connectivity index (χ2v) is 4.43. The highest BCUT2D eigenvalue weighted by atomic mass is 19.2. The molecule has 1 aromatic carbocycles. The van der Waals surface area contributed by atoms with Gasteiger partial charge in [0.1, 0.15) is 5.69 Å². The average molecular weight is 269 g/mol. The second-order valence-electron chi connectivity index (χ2n) is 4.43. The van der Waals surface area contributed by atoms with Crippen LogP contribution in [-0.4, -0.2) is 17.3 Å². The molecule has 0 atom stereocenters. The maximum absolute atomic E-state index is 13.2. The number of hydrogen-bond acceptors (Lipinski definition) is 2. The van der Waals surface area contributed by atoms with Gasteiger partial charge in [0, 0.05) is 6.54 Å². The van der Waals surface area contributed by atoms with E-state index < -0.39 is 40.4 Å². The molecule has 7 heteroatoms. The molecule has 0 heterocycles. The highest BCUT2D eigenvalue weighted by Crippen LogP contribution is 2.27. The van der Waals surface area contributed by atoms with Crippen molar-refractivity contribution >= 4 is 5.69 Å². The van der Waals surface area contributed by atoms with Crippen LogP contribution >= 0.6 is 0 Å². The standard InChI is InChI=1S/C11H12F5NO/c1-11(2,18)3-4-17-10-8(15)6(13)5(12)7(14)9(10)16/h17-18H,3-4H2,1-2H3. The highest BCUT2D eigenvalue weighted by Gasteiger charge is 2.25. The van der Waals surface area contributed by atoms with Crippen molar-refractivity contribution in [2.45, 2.75) is 25.9 Å². The summed E-state index contributed by atoms with van der Waals surface area (Å²) < 4.78 is 64.7. The van der Waals surface area contributed by atoms with Crippen molar-refractivity contribution in [2.75, 3.05) is 11.9 Å². The zero-order valence-corrected chi connectivity index (χ0v) is 9.75. The molecule has 0 aliphatic carbocycles. The summed E-state index contributed by atoms with van der Waals surface area (Å²) in [5.41, 5.74) is -2.20. The second kappa shape index (κ2) is 5.09. The van der Waals surface area contributed by atoms with E-state index in [-0.39, 0.29) is 13.0 Å². The van der Waals surface area contributed by atoms with Crippen molar-refractivity contribution in [3.8, 4) is 0 Å². The molecule has 0 aliphatic heterocycles. The van der Waals surface area contributed by atoms with Gasteiger partial charge in [-0.3, -0.25) is 0 Å². The third-order valence-electron chi connectivity index (χ3n) is 2.25. The van der Waals surface area contributed by atoms with Gasteiger partial charge in [0.15, 0.2) is 23.3 Å². The third-order valence-corrected chi connectivity index (χ3v) is 2.25. The van der Waals surface area contributed by atoms with E-state index in [0.29, 0.717) is 0 Å². The Kier molecular flexibility index (Phi) is 4.16. The fourth-order valence-electron chi connectivity index (χ4n) is 1.25. The van der Waals surface area contributed by atoms with E-state index in [4.69, 9.17) is 0 Å². The first kappa shape index (κ1) is 14.7. The van der Waals surface area contributed by atoms with Gasteiger partial charge < -0.3 is 10.4 Å². The summed E-state index contributed by atoms with van der Waals surface area (Å²) in [6.07, 6.45) is 0.0759. The molecule has 0 saturated carbocycles. The Balaban J connectivity index is 2.96. The van der Waals surface area contributed by atoms with Gasteiger partial charge in [0.25, 0.3) is 0 Å². The molecule has 0 unspecified atom stereocenters. The Labute approximate surface area is 100 Å². The van der Waals surface area contributed by atoms with E-state index in [1.165, 1.54) is 13.8 Å². The molecule has 0 spiro atoms. The molecule has 2 nitrogen and oxygen atoms in total. The quantitative estimate of drug-likeness (QED) is 0.500. The number of benzene rings is 1. The zero-order chi connectivity index (χ0) is 14.1. The van der Waals surface area contributed by atoms with Gasteiger partial charge in [-0.1, -0.05) is 0 Å². The Morgan fingerprint density at radius 2 is 1.28 bits per heavy atom. The Bertz CT molecular complexity index is 427. The molecule has 102 valence electrons. The van der Waals surface area contributed by atoms with E-state index in [1.54, 1.807) is 0 Å². The fourth-order valence-corrected chi connectivity index (χ4v) is 1.25. The molecule has 18 heavy (non-hydrogen) atoms. The summed E-state index contributed by atoms with van der Waals surface area (Å²) >= 11 is 0. The number of hydrogen-bond donors (Lipinski definition) is 2. The molecule has 0 bridgehead atoms.